The van der Waals surface area contributed by atoms with Crippen LogP contribution in [0.2, 0.25) is 0 Å². The summed E-state index contributed by atoms with van der Waals surface area (Å²) < 4.78 is 27.2. The Hall–Kier alpha value is -1.67. The Bertz CT molecular complexity index is 601. The summed E-state index contributed by atoms with van der Waals surface area (Å²) >= 11 is 0. The second kappa shape index (κ2) is 7.37. The van der Waals surface area contributed by atoms with E-state index < -0.39 is 14.9 Å². The smallest absolute Gasteiger partial charge is 0.271 e. The highest BCUT2D eigenvalue weighted by molar-refractivity contribution is 7.89. The van der Waals surface area contributed by atoms with Crippen molar-refractivity contribution in [3.8, 4) is 0 Å². The molecule has 0 aliphatic rings. The van der Waals surface area contributed by atoms with E-state index >= 15 is 0 Å². The number of nitro benzene ring substituents is 1. The van der Waals surface area contributed by atoms with Crippen LogP contribution in [-0.2, 0) is 10.0 Å². The van der Waals surface area contributed by atoms with Gasteiger partial charge in [0, 0.05) is 24.7 Å². The molecule has 1 rings (SSSR count). The van der Waals surface area contributed by atoms with E-state index in [1.807, 2.05) is 13.8 Å². The van der Waals surface area contributed by atoms with Crippen molar-refractivity contribution in [3.63, 3.8) is 0 Å². The summed E-state index contributed by atoms with van der Waals surface area (Å²) in [5, 5.41) is 13.8. The summed E-state index contributed by atoms with van der Waals surface area (Å²) in [5.41, 5.74) is 0.109. The van der Waals surface area contributed by atoms with Crippen LogP contribution >= 0.6 is 0 Å². The first-order valence-corrected chi connectivity index (χ1v) is 8.34. The predicted molar refractivity (Wildman–Crippen MR) is 82.0 cm³/mol. The van der Waals surface area contributed by atoms with E-state index in [4.69, 9.17) is 0 Å². The van der Waals surface area contributed by atoms with Gasteiger partial charge < -0.3 is 5.32 Å². The van der Waals surface area contributed by atoms with Crippen LogP contribution in [0.15, 0.2) is 23.1 Å². The first kappa shape index (κ1) is 17.4. The lowest BCUT2D eigenvalue weighted by Gasteiger charge is -2.15. The van der Waals surface area contributed by atoms with Gasteiger partial charge in [-0.25, -0.2) is 13.1 Å². The third-order valence-electron chi connectivity index (χ3n) is 3.00. The molecule has 2 N–H and O–H groups in total. The van der Waals surface area contributed by atoms with Gasteiger partial charge in [-0.2, -0.15) is 0 Å². The van der Waals surface area contributed by atoms with Gasteiger partial charge in [-0.3, -0.25) is 10.1 Å². The van der Waals surface area contributed by atoms with E-state index in [0.29, 0.717) is 13.0 Å². The molecule has 0 spiro atoms. The predicted octanol–water partition coefficient (Wildman–Crippen LogP) is 2.49. The van der Waals surface area contributed by atoms with Crippen LogP contribution < -0.4 is 10.0 Å². The SMILES string of the molecule is CCCNc1cc([N+](=O)[O-])ccc1S(=O)(=O)NC(C)CC. The molecule has 1 aromatic rings. The minimum Gasteiger partial charge on any atom is -0.384 e. The Labute approximate surface area is 124 Å². The number of sulfonamides is 1. The molecule has 0 aliphatic heterocycles. The number of benzene rings is 1. The monoisotopic (exact) mass is 315 g/mol. The fourth-order valence-corrected chi connectivity index (χ4v) is 3.17. The van der Waals surface area contributed by atoms with Gasteiger partial charge in [-0.15, -0.1) is 0 Å². The lowest BCUT2D eigenvalue weighted by molar-refractivity contribution is -0.384. The molecule has 0 radical (unpaired) electrons. The Morgan fingerprint density at radius 3 is 2.52 bits per heavy atom. The van der Waals surface area contributed by atoms with E-state index in [9.17, 15) is 18.5 Å². The van der Waals surface area contributed by atoms with E-state index in [1.54, 1.807) is 6.92 Å². The van der Waals surface area contributed by atoms with Crippen molar-refractivity contribution in [1.29, 1.82) is 0 Å². The minimum absolute atomic E-state index is 0.0295. The molecule has 0 bridgehead atoms. The topological polar surface area (TPSA) is 101 Å². The second-order valence-electron chi connectivity index (χ2n) is 4.79. The lowest BCUT2D eigenvalue weighted by Crippen LogP contribution is -2.32. The van der Waals surface area contributed by atoms with Gasteiger partial charge in [0.05, 0.1) is 10.6 Å². The van der Waals surface area contributed by atoms with Crippen LogP contribution in [0.1, 0.15) is 33.6 Å². The van der Waals surface area contributed by atoms with Crippen LogP contribution in [-0.4, -0.2) is 25.9 Å². The van der Waals surface area contributed by atoms with Gasteiger partial charge >= 0.3 is 0 Å². The minimum atomic E-state index is -3.71. The van der Waals surface area contributed by atoms with Crippen molar-refractivity contribution in [2.24, 2.45) is 0 Å². The summed E-state index contributed by atoms with van der Waals surface area (Å²) in [6.07, 6.45) is 1.44. The Balaban J connectivity index is 3.23. The van der Waals surface area contributed by atoms with Crippen molar-refractivity contribution in [1.82, 2.24) is 4.72 Å². The highest BCUT2D eigenvalue weighted by atomic mass is 32.2. The lowest BCUT2D eigenvalue weighted by atomic mass is 10.2. The number of non-ortho nitro benzene ring substituents is 1. The quantitative estimate of drug-likeness (QED) is 0.567. The number of rotatable bonds is 8. The molecule has 118 valence electrons. The van der Waals surface area contributed by atoms with Crippen molar-refractivity contribution >= 4 is 21.4 Å². The van der Waals surface area contributed by atoms with Crippen LogP contribution in [0, 0.1) is 10.1 Å². The summed E-state index contributed by atoms with van der Waals surface area (Å²) in [4.78, 5) is 10.3. The van der Waals surface area contributed by atoms with Crippen LogP contribution in [0.3, 0.4) is 0 Å². The Morgan fingerprint density at radius 1 is 1.33 bits per heavy atom. The third kappa shape index (κ3) is 4.68. The highest BCUT2D eigenvalue weighted by Crippen LogP contribution is 2.26. The number of hydrogen-bond donors (Lipinski definition) is 2. The summed E-state index contributed by atoms with van der Waals surface area (Å²) in [6.45, 7) is 6.10. The molecule has 7 nitrogen and oxygen atoms in total. The zero-order valence-corrected chi connectivity index (χ0v) is 13.2. The highest BCUT2D eigenvalue weighted by Gasteiger charge is 2.22. The maximum atomic E-state index is 12.3. The normalized spacial score (nSPS) is 12.9. The number of anilines is 1. The molecule has 1 aromatic carbocycles. The molecule has 0 heterocycles. The van der Waals surface area contributed by atoms with Gasteiger partial charge in [-0.1, -0.05) is 13.8 Å². The summed E-state index contributed by atoms with van der Waals surface area (Å²) in [7, 11) is -3.71. The molecule has 0 fully saturated rings. The van der Waals surface area contributed by atoms with E-state index in [-0.39, 0.29) is 22.3 Å². The van der Waals surface area contributed by atoms with Gasteiger partial charge in [0.25, 0.3) is 5.69 Å². The second-order valence-corrected chi connectivity index (χ2v) is 6.48. The molecule has 1 unspecified atom stereocenters. The summed E-state index contributed by atoms with van der Waals surface area (Å²) in [6, 6.07) is 3.51. The molecular weight excluding hydrogens is 294 g/mol. The standard InChI is InChI=1S/C13H21N3O4S/c1-4-8-14-12-9-11(16(17)18)6-7-13(12)21(19,20)15-10(3)5-2/h6-7,9-10,14-15H,4-5,8H2,1-3H3. The van der Waals surface area contributed by atoms with Gasteiger partial charge in [0.1, 0.15) is 4.90 Å². The van der Waals surface area contributed by atoms with Crippen molar-refractivity contribution in [3.05, 3.63) is 28.3 Å². The largest absolute Gasteiger partial charge is 0.384 e. The molecule has 0 saturated heterocycles. The number of nitro groups is 1. The van der Waals surface area contributed by atoms with Crippen molar-refractivity contribution in [2.45, 2.75) is 44.6 Å². The molecule has 0 aliphatic carbocycles. The van der Waals surface area contributed by atoms with Crippen LogP contribution in [0.5, 0.6) is 0 Å². The van der Waals surface area contributed by atoms with E-state index in [2.05, 4.69) is 10.0 Å². The molecule has 1 atom stereocenters. The van der Waals surface area contributed by atoms with E-state index in [0.717, 1.165) is 6.42 Å². The Morgan fingerprint density at radius 2 is 2.00 bits per heavy atom. The van der Waals surface area contributed by atoms with Crippen molar-refractivity contribution in [2.75, 3.05) is 11.9 Å². The number of nitrogens with one attached hydrogen (secondary N) is 2. The first-order chi connectivity index (χ1) is 9.81. The van der Waals surface area contributed by atoms with E-state index in [1.165, 1.54) is 18.2 Å². The van der Waals surface area contributed by atoms with Gasteiger partial charge in [0.15, 0.2) is 0 Å². The maximum absolute atomic E-state index is 12.3. The third-order valence-corrected chi connectivity index (χ3v) is 4.65. The fraction of sp³-hybridized carbons (Fsp3) is 0.538. The molecule has 0 amide bonds. The molecule has 0 aromatic heterocycles. The molecular formula is C13H21N3O4S. The van der Waals surface area contributed by atoms with Crippen molar-refractivity contribution < 1.29 is 13.3 Å². The fourth-order valence-electron chi connectivity index (χ4n) is 1.68. The maximum Gasteiger partial charge on any atom is 0.271 e. The van der Waals surface area contributed by atoms with Crippen LogP contribution in [0.25, 0.3) is 0 Å². The van der Waals surface area contributed by atoms with Gasteiger partial charge in [0.2, 0.25) is 10.0 Å². The van der Waals surface area contributed by atoms with Crippen LogP contribution in [0.4, 0.5) is 11.4 Å². The molecule has 21 heavy (non-hydrogen) atoms. The number of hydrogen-bond acceptors (Lipinski definition) is 5. The summed E-state index contributed by atoms with van der Waals surface area (Å²) in [5.74, 6) is 0. The molecule has 8 heteroatoms. The number of nitrogens with zero attached hydrogens (tertiary/aromatic N) is 1. The molecule has 0 saturated carbocycles. The van der Waals surface area contributed by atoms with Gasteiger partial charge in [-0.05, 0) is 25.8 Å². The average molecular weight is 315 g/mol. The Kier molecular flexibility index (Phi) is 6.10. The zero-order valence-electron chi connectivity index (χ0n) is 12.4. The average Bonchev–Trinajstić information content (AvgIpc) is 2.43. The zero-order chi connectivity index (χ0) is 16.0. The first-order valence-electron chi connectivity index (χ1n) is 6.86.